The Morgan fingerprint density at radius 1 is 1.14 bits per heavy atom. The smallest absolute Gasteiger partial charge is 0.310 e. The number of carboxylic acids is 1. The minimum Gasteiger partial charge on any atom is -0.493 e. The molecule has 0 saturated carbocycles. The largest absolute Gasteiger partial charge is 0.493 e. The molecule has 0 aliphatic carbocycles. The fourth-order valence-electron chi connectivity index (χ4n) is 2.14. The average molecular weight is 300 g/mol. The first-order chi connectivity index (χ1) is 10.6. The molecule has 1 unspecified atom stereocenters. The maximum atomic E-state index is 11.1. The molecule has 0 heterocycles. The molecular weight excluding hydrogens is 280 g/mol. The average Bonchev–Trinajstić information content (AvgIpc) is 2.55. The van der Waals surface area contributed by atoms with E-state index in [-0.39, 0.29) is 0 Å². The SMILES string of the molecule is COc1ccc(C(C)C(=O)O)cc1OCCc1ccccc1. The molecule has 4 nitrogen and oxygen atoms in total. The quantitative estimate of drug-likeness (QED) is 0.850. The van der Waals surface area contributed by atoms with Crippen LogP contribution in [0.5, 0.6) is 11.5 Å². The van der Waals surface area contributed by atoms with Gasteiger partial charge in [-0.2, -0.15) is 0 Å². The van der Waals surface area contributed by atoms with Crippen molar-refractivity contribution in [2.45, 2.75) is 19.3 Å². The number of hydrogen-bond donors (Lipinski definition) is 1. The summed E-state index contributed by atoms with van der Waals surface area (Å²) in [5.74, 6) is -0.263. The van der Waals surface area contributed by atoms with E-state index in [1.165, 1.54) is 5.56 Å². The van der Waals surface area contributed by atoms with Crippen LogP contribution in [0.15, 0.2) is 48.5 Å². The summed E-state index contributed by atoms with van der Waals surface area (Å²) in [7, 11) is 1.57. The molecule has 0 aromatic heterocycles. The Morgan fingerprint density at radius 3 is 2.50 bits per heavy atom. The molecule has 0 fully saturated rings. The monoisotopic (exact) mass is 300 g/mol. The van der Waals surface area contributed by atoms with Crippen LogP contribution in [0, 0.1) is 0 Å². The van der Waals surface area contributed by atoms with Crippen molar-refractivity contribution in [2.24, 2.45) is 0 Å². The molecular formula is C18H20O4. The number of rotatable bonds is 7. The molecule has 0 saturated heterocycles. The highest BCUT2D eigenvalue weighted by Gasteiger charge is 2.16. The van der Waals surface area contributed by atoms with E-state index >= 15 is 0 Å². The standard InChI is InChI=1S/C18H20O4/c1-13(18(19)20)15-8-9-16(21-2)17(12-15)22-11-10-14-6-4-3-5-7-14/h3-9,12-13H,10-11H2,1-2H3,(H,19,20). The summed E-state index contributed by atoms with van der Waals surface area (Å²) >= 11 is 0. The summed E-state index contributed by atoms with van der Waals surface area (Å²) in [6.45, 7) is 2.16. The van der Waals surface area contributed by atoms with Crippen LogP contribution in [0.25, 0.3) is 0 Å². The third-order valence-corrected chi connectivity index (χ3v) is 3.55. The molecule has 0 radical (unpaired) electrons. The topological polar surface area (TPSA) is 55.8 Å². The molecule has 1 atom stereocenters. The van der Waals surface area contributed by atoms with Crippen LogP contribution in [-0.4, -0.2) is 24.8 Å². The molecule has 0 aliphatic heterocycles. The van der Waals surface area contributed by atoms with Gasteiger partial charge in [0.05, 0.1) is 19.6 Å². The van der Waals surface area contributed by atoms with Crippen LogP contribution in [0.2, 0.25) is 0 Å². The van der Waals surface area contributed by atoms with Gasteiger partial charge in [0.25, 0.3) is 0 Å². The predicted octanol–water partition coefficient (Wildman–Crippen LogP) is 3.50. The van der Waals surface area contributed by atoms with Gasteiger partial charge in [0, 0.05) is 6.42 Å². The van der Waals surface area contributed by atoms with Crippen LogP contribution in [0.4, 0.5) is 0 Å². The summed E-state index contributed by atoms with van der Waals surface area (Å²) in [6, 6.07) is 15.3. The minimum absolute atomic E-state index is 0.505. The molecule has 0 aliphatic rings. The third-order valence-electron chi connectivity index (χ3n) is 3.55. The zero-order valence-corrected chi connectivity index (χ0v) is 12.8. The van der Waals surface area contributed by atoms with Crippen molar-refractivity contribution in [3.05, 3.63) is 59.7 Å². The van der Waals surface area contributed by atoms with Gasteiger partial charge in [-0.05, 0) is 30.2 Å². The lowest BCUT2D eigenvalue weighted by molar-refractivity contribution is -0.138. The summed E-state index contributed by atoms with van der Waals surface area (Å²) in [5, 5.41) is 9.11. The van der Waals surface area contributed by atoms with E-state index in [4.69, 9.17) is 14.6 Å². The van der Waals surface area contributed by atoms with E-state index in [9.17, 15) is 4.79 Å². The Balaban J connectivity index is 2.07. The van der Waals surface area contributed by atoms with Gasteiger partial charge < -0.3 is 14.6 Å². The second-order valence-corrected chi connectivity index (χ2v) is 5.05. The maximum absolute atomic E-state index is 11.1. The Kier molecular flexibility index (Phi) is 5.42. The predicted molar refractivity (Wildman–Crippen MR) is 84.7 cm³/mol. The second-order valence-electron chi connectivity index (χ2n) is 5.05. The molecule has 1 N–H and O–H groups in total. The summed E-state index contributed by atoms with van der Waals surface area (Å²) in [6.07, 6.45) is 0.780. The number of hydrogen-bond acceptors (Lipinski definition) is 3. The molecule has 2 aromatic rings. The van der Waals surface area contributed by atoms with Crippen molar-refractivity contribution < 1.29 is 19.4 Å². The molecule has 2 rings (SSSR count). The van der Waals surface area contributed by atoms with E-state index in [1.807, 2.05) is 30.3 Å². The van der Waals surface area contributed by atoms with Gasteiger partial charge in [-0.15, -0.1) is 0 Å². The van der Waals surface area contributed by atoms with Crippen molar-refractivity contribution in [2.75, 3.05) is 13.7 Å². The van der Waals surface area contributed by atoms with Crippen LogP contribution in [0.1, 0.15) is 24.0 Å². The number of carbonyl (C=O) groups is 1. The van der Waals surface area contributed by atoms with Crippen molar-refractivity contribution in [1.82, 2.24) is 0 Å². The van der Waals surface area contributed by atoms with E-state index in [0.29, 0.717) is 23.7 Å². The van der Waals surface area contributed by atoms with Gasteiger partial charge in [0.1, 0.15) is 0 Å². The number of ether oxygens (including phenoxy) is 2. The summed E-state index contributed by atoms with van der Waals surface area (Å²) < 4.78 is 11.1. The molecule has 0 spiro atoms. The van der Waals surface area contributed by atoms with Crippen LogP contribution >= 0.6 is 0 Å². The molecule has 22 heavy (non-hydrogen) atoms. The van der Waals surface area contributed by atoms with Crippen LogP contribution < -0.4 is 9.47 Å². The zero-order valence-electron chi connectivity index (χ0n) is 12.8. The Bertz CT molecular complexity index is 622. The van der Waals surface area contributed by atoms with E-state index < -0.39 is 11.9 Å². The number of aliphatic carboxylic acids is 1. The lowest BCUT2D eigenvalue weighted by Gasteiger charge is -2.14. The highest BCUT2D eigenvalue weighted by Crippen LogP contribution is 2.31. The number of methoxy groups -OCH3 is 1. The molecule has 4 heteroatoms. The zero-order chi connectivity index (χ0) is 15.9. The fraction of sp³-hybridized carbons (Fsp3) is 0.278. The van der Waals surface area contributed by atoms with Crippen molar-refractivity contribution in [1.29, 1.82) is 0 Å². The number of benzene rings is 2. The first kappa shape index (κ1) is 15.9. The Labute approximate surface area is 130 Å². The van der Waals surface area contributed by atoms with Crippen molar-refractivity contribution >= 4 is 5.97 Å². The highest BCUT2D eigenvalue weighted by molar-refractivity contribution is 5.75. The second kappa shape index (κ2) is 7.50. The molecule has 0 bridgehead atoms. The van der Waals surface area contributed by atoms with Gasteiger partial charge in [-0.25, -0.2) is 0 Å². The lowest BCUT2D eigenvalue weighted by atomic mass is 10.0. The van der Waals surface area contributed by atoms with Gasteiger partial charge in [-0.1, -0.05) is 36.4 Å². The van der Waals surface area contributed by atoms with Crippen LogP contribution in [-0.2, 0) is 11.2 Å². The fourth-order valence-corrected chi connectivity index (χ4v) is 2.14. The minimum atomic E-state index is -0.861. The van der Waals surface area contributed by atoms with Crippen molar-refractivity contribution in [3.63, 3.8) is 0 Å². The van der Waals surface area contributed by atoms with Gasteiger partial charge in [-0.3, -0.25) is 4.79 Å². The third kappa shape index (κ3) is 4.01. The molecule has 2 aromatic carbocycles. The van der Waals surface area contributed by atoms with Crippen LogP contribution in [0.3, 0.4) is 0 Å². The lowest BCUT2D eigenvalue weighted by Crippen LogP contribution is -2.08. The molecule has 116 valence electrons. The maximum Gasteiger partial charge on any atom is 0.310 e. The van der Waals surface area contributed by atoms with Gasteiger partial charge in [0.15, 0.2) is 11.5 Å². The normalized spacial score (nSPS) is 11.7. The van der Waals surface area contributed by atoms with E-state index in [2.05, 4.69) is 0 Å². The van der Waals surface area contributed by atoms with E-state index in [1.54, 1.807) is 32.2 Å². The first-order valence-electron chi connectivity index (χ1n) is 7.19. The summed E-state index contributed by atoms with van der Waals surface area (Å²) in [4.78, 5) is 11.1. The van der Waals surface area contributed by atoms with Gasteiger partial charge >= 0.3 is 5.97 Å². The Morgan fingerprint density at radius 2 is 1.86 bits per heavy atom. The highest BCUT2D eigenvalue weighted by atomic mass is 16.5. The summed E-state index contributed by atoms with van der Waals surface area (Å²) in [5.41, 5.74) is 1.89. The Hall–Kier alpha value is -2.49. The van der Waals surface area contributed by atoms with Gasteiger partial charge in [0.2, 0.25) is 0 Å². The van der Waals surface area contributed by atoms with Crippen molar-refractivity contribution in [3.8, 4) is 11.5 Å². The van der Waals surface area contributed by atoms with E-state index in [0.717, 1.165) is 6.42 Å². The molecule has 0 amide bonds. The first-order valence-corrected chi connectivity index (χ1v) is 7.19. The number of carboxylic acid groups (broad SMARTS) is 1.